The maximum atomic E-state index is 9.00. The summed E-state index contributed by atoms with van der Waals surface area (Å²) in [4.78, 5) is 0. The fourth-order valence-electron chi connectivity index (χ4n) is 3.44. The zero-order chi connectivity index (χ0) is 17.9. The molecule has 4 rings (SSSR count). The van der Waals surface area contributed by atoms with Crippen LogP contribution in [-0.2, 0) is 0 Å². The molecule has 0 spiro atoms. The van der Waals surface area contributed by atoms with Crippen molar-refractivity contribution in [2.24, 2.45) is 0 Å². The number of aromatic nitrogens is 2. The predicted octanol–water partition coefficient (Wildman–Crippen LogP) is 5.00. The van der Waals surface area contributed by atoms with Crippen LogP contribution in [0.15, 0.2) is 46.9 Å². The van der Waals surface area contributed by atoms with E-state index in [1.807, 2.05) is 30.3 Å². The third-order valence-corrected chi connectivity index (χ3v) is 5.51. The van der Waals surface area contributed by atoms with Crippen LogP contribution < -0.4 is 10.1 Å². The van der Waals surface area contributed by atoms with Crippen molar-refractivity contribution in [3.8, 4) is 11.8 Å². The fourth-order valence-corrected chi connectivity index (χ4v) is 3.89. The number of anilines is 1. The molecule has 0 amide bonds. The lowest BCUT2D eigenvalue weighted by Gasteiger charge is -2.29. The van der Waals surface area contributed by atoms with E-state index in [0.29, 0.717) is 11.6 Å². The second-order valence-electron chi connectivity index (χ2n) is 6.61. The Bertz CT molecular complexity index is 954. The molecule has 3 aromatic rings. The highest BCUT2D eigenvalue weighted by Gasteiger charge is 2.23. The molecule has 0 bridgehead atoms. The van der Waals surface area contributed by atoms with E-state index < -0.39 is 0 Å². The maximum Gasteiger partial charge on any atom is 0.155 e. The van der Waals surface area contributed by atoms with Gasteiger partial charge in [0.2, 0.25) is 0 Å². The van der Waals surface area contributed by atoms with Crippen LogP contribution in [-0.4, -0.2) is 22.3 Å². The topological polar surface area (TPSA) is 73.7 Å². The van der Waals surface area contributed by atoms with Gasteiger partial charge in [-0.25, -0.2) is 0 Å². The zero-order valence-corrected chi connectivity index (χ0v) is 15.8. The summed E-state index contributed by atoms with van der Waals surface area (Å²) in [6.07, 6.45) is 4.30. The average Bonchev–Trinajstić information content (AvgIpc) is 3.07. The van der Waals surface area contributed by atoms with Crippen LogP contribution in [0.5, 0.6) is 5.75 Å². The maximum absolute atomic E-state index is 9.00. The molecule has 0 saturated heterocycles. The Morgan fingerprint density at radius 2 is 1.96 bits per heavy atom. The molecule has 132 valence electrons. The van der Waals surface area contributed by atoms with Gasteiger partial charge in [0.05, 0.1) is 17.2 Å². The Morgan fingerprint density at radius 1 is 1.15 bits per heavy atom. The van der Waals surface area contributed by atoms with Crippen molar-refractivity contribution in [3.05, 3.63) is 52.5 Å². The molecule has 26 heavy (non-hydrogen) atoms. The molecular formula is C20H19BrN4O. The summed E-state index contributed by atoms with van der Waals surface area (Å²) in [7, 11) is 0. The van der Waals surface area contributed by atoms with E-state index in [-0.39, 0.29) is 6.10 Å². The lowest BCUT2D eigenvalue weighted by Crippen LogP contribution is -2.31. The molecule has 1 aliphatic rings. The third-order valence-electron chi connectivity index (χ3n) is 4.85. The number of hydrogen-bond acceptors (Lipinski definition) is 4. The Balaban J connectivity index is 1.34. The highest BCUT2D eigenvalue weighted by Crippen LogP contribution is 2.29. The van der Waals surface area contributed by atoms with E-state index in [9.17, 15) is 0 Å². The molecule has 1 heterocycles. The normalized spacial score (nSPS) is 19.8. The van der Waals surface area contributed by atoms with Crippen LogP contribution in [0.1, 0.15) is 31.2 Å². The minimum absolute atomic E-state index is 0.212. The van der Waals surface area contributed by atoms with Crippen LogP contribution >= 0.6 is 15.9 Å². The first-order valence-corrected chi connectivity index (χ1v) is 9.58. The second-order valence-corrected chi connectivity index (χ2v) is 7.46. The van der Waals surface area contributed by atoms with Gasteiger partial charge in [-0.2, -0.15) is 10.4 Å². The van der Waals surface area contributed by atoms with Gasteiger partial charge < -0.3 is 10.1 Å². The van der Waals surface area contributed by atoms with E-state index in [1.54, 1.807) is 6.07 Å². The molecule has 1 aliphatic carbocycles. The molecule has 6 heteroatoms. The number of ether oxygens (including phenoxy) is 1. The first-order valence-electron chi connectivity index (χ1n) is 8.79. The van der Waals surface area contributed by atoms with E-state index in [0.717, 1.165) is 52.6 Å². The van der Waals surface area contributed by atoms with Crippen LogP contribution in [0, 0.1) is 11.3 Å². The molecular weight excluding hydrogens is 392 g/mol. The number of halogens is 1. The van der Waals surface area contributed by atoms with Crippen molar-refractivity contribution in [1.82, 2.24) is 10.2 Å². The van der Waals surface area contributed by atoms with Crippen molar-refractivity contribution in [1.29, 1.82) is 5.26 Å². The number of fused-ring (bicyclic) bond motifs is 1. The van der Waals surface area contributed by atoms with Crippen molar-refractivity contribution >= 4 is 32.7 Å². The number of aromatic amines is 1. The van der Waals surface area contributed by atoms with Crippen molar-refractivity contribution in [2.75, 3.05) is 5.32 Å². The number of nitriles is 1. The van der Waals surface area contributed by atoms with Crippen molar-refractivity contribution < 1.29 is 4.74 Å². The van der Waals surface area contributed by atoms with E-state index in [2.05, 4.69) is 43.6 Å². The van der Waals surface area contributed by atoms with Gasteiger partial charge in [-0.05, 0) is 71.9 Å². The number of nitrogens with zero attached hydrogens (tertiary/aromatic N) is 2. The van der Waals surface area contributed by atoms with Crippen LogP contribution in [0.4, 0.5) is 5.82 Å². The van der Waals surface area contributed by atoms with Gasteiger partial charge in [0, 0.05) is 15.9 Å². The SMILES string of the molecule is N#Cc1ccc(O[C@H]2CC[C@H](Nc3n[nH]c4ccccc34)CC2)cc1Br. The van der Waals surface area contributed by atoms with Gasteiger partial charge in [0.1, 0.15) is 11.8 Å². The molecule has 5 nitrogen and oxygen atoms in total. The summed E-state index contributed by atoms with van der Waals surface area (Å²) in [5, 5.41) is 21.2. The Labute approximate surface area is 160 Å². The van der Waals surface area contributed by atoms with Gasteiger partial charge in [-0.1, -0.05) is 12.1 Å². The molecule has 2 aromatic carbocycles. The van der Waals surface area contributed by atoms with Crippen LogP contribution in [0.2, 0.25) is 0 Å². The van der Waals surface area contributed by atoms with Crippen LogP contribution in [0.25, 0.3) is 10.9 Å². The third kappa shape index (κ3) is 3.54. The number of para-hydroxylation sites is 1. The summed E-state index contributed by atoms with van der Waals surface area (Å²) in [5.41, 5.74) is 1.68. The van der Waals surface area contributed by atoms with E-state index in [4.69, 9.17) is 10.00 Å². The van der Waals surface area contributed by atoms with Gasteiger partial charge in [-0.3, -0.25) is 5.10 Å². The molecule has 1 fully saturated rings. The van der Waals surface area contributed by atoms with Gasteiger partial charge in [0.15, 0.2) is 5.82 Å². The number of H-pyrrole nitrogens is 1. The quantitative estimate of drug-likeness (QED) is 0.634. The lowest BCUT2D eigenvalue weighted by atomic mass is 9.93. The fraction of sp³-hybridized carbons (Fsp3) is 0.300. The van der Waals surface area contributed by atoms with Crippen LogP contribution in [0.3, 0.4) is 0 Å². The average molecular weight is 411 g/mol. The molecule has 0 radical (unpaired) electrons. The van der Waals surface area contributed by atoms with Gasteiger partial charge in [0.25, 0.3) is 0 Å². The van der Waals surface area contributed by atoms with Gasteiger partial charge in [-0.15, -0.1) is 0 Å². The molecule has 0 atom stereocenters. The monoisotopic (exact) mass is 410 g/mol. The smallest absolute Gasteiger partial charge is 0.155 e. The highest BCUT2D eigenvalue weighted by molar-refractivity contribution is 9.10. The zero-order valence-electron chi connectivity index (χ0n) is 14.2. The molecule has 0 aliphatic heterocycles. The Morgan fingerprint density at radius 3 is 2.73 bits per heavy atom. The summed E-state index contributed by atoms with van der Waals surface area (Å²) < 4.78 is 6.88. The van der Waals surface area contributed by atoms with E-state index in [1.165, 1.54) is 0 Å². The van der Waals surface area contributed by atoms with Crippen molar-refractivity contribution in [3.63, 3.8) is 0 Å². The number of benzene rings is 2. The van der Waals surface area contributed by atoms with Gasteiger partial charge >= 0.3 is 0 Å². The highest BCUT2D eigenvalue weighted by atomic mass is 79.9. The summed E-state index contributed by atoms with van der Waals surface area (Å²) in [6.45, 7) is 0. The minimum Gasteiger partial charge on any atom is -0.490 e. The Kier molecular flexibility index (Phi) is 4.81. The molecule has 1 saturated carbocycles. The number of hydrogen-bond donors (Lipinski definition) is 2. The second kappa shape index (κ2) is 7.38. The standard InChI is InChI=1S/C20H19BrN4O/c21-18-11-16(8-5-13(18)12-22)26-15-9-6-14(7-10-15)23-20-17-3-1-2-4-19(17)24-25-20/h1-5,8,11,14-15H,6-7,9-10H2,(H2,23,24,25)/t14-,15-. The number of rotatable bonds is 4. The summed E-state index contributed by atoms with van der Waals surface area (Å²) in [5.74, 6) is 1.74. The molecule has 2 N–H and O–H groups in total. The lowest BCUT2D eigenvalue weighted by molar-refractivity contribution is 0.150. The Hall–Kier alpha value is -2.52. The first kappa shape index (κ1) is 16.9. The largest absolute Gasteiger partial charge is 0.490 e. The number of nitrogens with one attached hydrogen (secondary N) is 2. The molecule has 0 unspecified atom stereocenters. The summed E-state index contributed by atoms with van der Waals surface area (Å²) in [6, 6.07) is 16.2. The van der Waals surface area contributed by atoms with E-state index >= 15 is 0 Å². The minimum atomic E-state index is 0.212. The first-order chi connectivity index (χ1) is 12.7. The summed E-state index contributed by atoms with van der Waals surface area (Å²) >= 11 is 3.41. The predicted molar refractivity (Wildman–Crippen MR) is 105 cm³/mol. The molecule has 1 aromatic heterocycles. The van der Waals surface area contributed by atoms with Crippen molar-refractivity contribution in [2.45, 2.75) is 37.8 Å².